The van der Waals surface area contributed by atoms with Gasteiger partial charge >= 0.3 is 0 Å². The van der Waals surface area contributed by atoms with Crippen LogP contribution in [0.2, 0.25) is 0 Å². The number of benzene rings is 1. The minimum atomic E-state index is -0.479. The molecule has 1 rings (SSSR count). The lowest BCUT2D eigenvalue weighted by Crippen LogP contribution is -2.39. The Morgan fingerprint density at radius 3 is 2.32 bits per heavy atom. The van der Waals surface area contributed by atoms with Gasteiger partial charge in [-0.3, -0.25) is 9.59 Å². The molecule has 1 aromatic rings. The summed E-state index contributed by atoms with van der Waals surface area (Å²) in [5.41, 5.74) is 7.29. The fraction of sp³-hybridized carbons (Fsp3) is 0.385. The normalized spacial score (nSPS) is 11.1. The molecule has 0 spiro atoms. The lowest BCUT2D eigenvalue weighted by Gasteiger charge is -2.08. The Labute approximate surface area is 119 Å². The fourth-order valence-corrected chi connectivity index (χ4v) is 1.45. The summed E-state index contributed by atoms with van der Waals surface area (Å²) >= 11 is 0. The van der Waals surface area contributed by atoms with Crippen molar-refractivity contribution in [2.24, 2.45) is 5.73 Å². The molecule has 19 heavy (non-hydrogen) atoms. The largest absolute Gasteiger partial charge is 0.354 e. The van der Waals surface area contributed by atoms with Gasteiger partial charge in [0.2, 0.25) is 11.8 Å². The number of hydrogen-bond donors (Lipinski definition) is 3. The summed E-state index contributed by atoms with van der Waals surface area (Å²) in [4.78, 5) is 22.1. The molecular weight excluding hydrogens is 266 g/mol. The minimum Gasteiger partial charge on any atom is -0.354 e. The van der Waals surface area contributed by atoms with Gasteiger partial charge < -0.3 is 16.4 Å². The third-order valence-corrected chi connectivity index (χ3v) is 2.40. The third kappa shape index (κ3) is 6.79. The maximum absolute atomic E-state index is 11.2. The van der Waals surface area contributed by atoms with E-state index in [0.29, 0.717) is 6.54 Å². The molecule has 106 valence electrons. The van der Waals surface area contributed by atoms with Crippen molar-refractivity contribution < 1.29 is 9.59 Å². The SMILES string of the molecule is CC(=O)Nc1ccc(CCNC(=O)[C@H](C)N)cc1.Cl. The van der Waals surface area contributed by atoms with Crippen molar-refractivity contribution in [1.29, 1.82) is 0 Å². The van der Waals surface area contributed by atoms with Gasteiger partial charge in [-0.05, 0) is 31.0 Å². The predicted molar refractivity (Wildman–Crippen MR) is 78.4 cm³/mol. The lowest BCUT2D eigenvalue weighted by atomic mass is 10.1. The second kappa shape index (κ2) is 8.50. The minimum absolute atomic E-state index is 0. The van der Waals surface area contributed by atoms with E-state index in [1.165, 1.54) is 6.92 Å². The number of anilines is 1. The van der Waals surface area contributed by atoms with Crippen molar-refractivity contribution >= 4 is 29.9 Å². The van der Waals surface area contributed by atoms with Gasteiger partial charge in [-0.25, -0.2) is 0 Å². The average Bonchev–Trinajstić information content (AvgIpc) is 2.30. The smallest absolute Gasteiger partial charge is 0.236 e. The number of nitrogens with one attached hydrogen (secondary N) is 2. The summed E-state index contributed by atoms with van der Waals surface area (Å²) in [6, 6.07) is 7.04. The highest BCUT2D eigenvalue weighted by atomic mass is 35.5. The van der Waals surface area contributed by atoms with Crippen LogP contribution < -0.4 is 16.4 Å². The molecule has 0 saturated carbocycles. The van der Waals surface area contributed by atoms with Gasteiger partial charge in [0.05, 0.1) is 6.04 Å². The van der Waals surface area contributed by atoms with Crippen LogP contribution in [0.25, 0.3) is 0 Å². The van der Waals surface area contributed by atoms with Crippen LogP contribution in [0.1, 0.15) is 19.4 Å². The predicted octanol–water partition coefficient (Wildman–Crippen LogP) is 1.07. The Balaban J connectivity index is 0.00000324. The van der Waals surface area contributed by atoms with E-state index in [1.807, 2.05) is 24.3 Å². The van der Waals surface area contributed by atoms with Crippen LogP contribution in [0.3, 0.4) is 0 Å². The Hall–Kier alpha value is -1.59. The van der Waals surface area contributed by atoms with Gasteiger partial charge in [-0.1, -0.05) is 12.1 Å². The van der Waals surface area contributed by atoms with E-state index >= 15 is 0 Å². The molecule has 0 bridgehead atoms. The second-order valence-electron chi connectivity index (χ2n) is 4.21. The molecule has 0 fully saturated rings. The van der Waals surface area contributed by atoms with Crippen LogP contribution in [0.15, 0.2) is 24.3 Å². The van der Waals surface area contributed by atoms with Crippen LogP contribution in [0, 0.1) is 0 Å². The summed E-state index contributed by atoms with van der Waals surface area (Å²) < 4.78 is 0. The molecule has 0 aliphatic rings. The van der Waals surface area contributed by atoms with Crippen LogP contribution in [-0.4, -0.2) is 24.4 Å². The molecule has 1 atom stereocenters. The Morgan fingerprint density at radius 1 is 1.26 bits per heavy atom. The Kier molecular flexibility index (Phi) is 7.79. The van der Waals surface area contributed by atoms with Gasteiger partial charge in [0.25, 0.3) is 0 Å². The van der Waals surface area contributed by atoms with Crippen molar-refractivity contribution in [3.05, 3.63) is 29.8 Å². The van der Waals surface area contributed by atoms with Crippen molar-refractivity contribution in [1.82, 2.24) is 5.32 Å². The molecule has 2 amide bonds. The molecule has 0 radical (unpaired) electrons. The quantitative estimate of drug-likeness (QED) is 0.757. The summed E-state index contributed by atoms with van der Waals surface area (Å²) in [7, 11) is 0. The number of rotatable bonds is 5. The molecule has 6 heteroatoms. The van der Waals surface area contributed by atoms with E-state index in [2.05, 4.69) is 10.6 Å². The molecular formula is C13H20ClN3O2. The van der Waals surface area contributed by atoms with Crippen molar-refractivity contribution in [2.75, 3.05) is 11.9 Å². The summed E-state index contributed by atoms with van der Waals surface area (Å²) in [5.74, 6) is -0.239. The third-order valence-electron chi connectivity index (χ3n) is 2.40. The number of carbonyl (C=O) groups excluding carboxylic acids is 2. The second-order valence-corrected chi connectivity index (χ2v) is 4.21. The zero-order valence-corrected chi connectivity index (χ0v) is 11.9. The summed E-state index contributed by atoms with van der Waals surface area (Å²) in [6.07, 6.45) is 0.735. The average molecular weight is 286 g/mol. The Morgan fingerprint density at radius 2 is 1.84 bits per heavy atom. The highest BCUT2D eigenvalue weighted by Gasteiger charge is 2.05. The fourth-order valence-electron chi connectivity index (χ4n) is 1.45. The van der Waals surface area contributed by atoms with Crippen LogP contribution >= 0.6 is 12.4 Å². The van der Waals surface area contributed by atoms with E-state index in [4.69, 9.17) is 5.73 Å². The molecule has 0 aliphatic carbocycles. The van der Waals surface area contributed by atoms with E-state index < -0.39 is 6.04 Å². The molecule has 0 aromatic heterocycles. The van der Waals surface area contributed by atoms with E-state index in [1.54, 1.807) is 6.92 Å². The summed E-state index contributed by atoms with van der Waals surface area (Å²) in [5, 5.41) is 5.44. The Bertz CT molecular complexity index is 418. The van der Waals surface area contributed by atoms with E-state index in [-0.39, 0.29) is 24.2 Å². The van der Waals surface area contributed by atoms with Crippen molar-refractivity contribution in [3.8, 4) is 0 Å². The highest BCUT2D eigenvalue weighted by molar-refractivity contribution is 5.88. The topological polar surface area (TPSA) is 84.2 Å². The standard InChI is InChI=1S/C13H19N3O2.ClH/c1-9(14)13(18)15-8-7-11-3-5-12(6-4-11)16-10(2)17;/h3-6,9H,7-8,14H2,1-2H3,(H,15,18)(H,16,17);1H/t9-;/m0./s1. The highest BCUT2D eigenvalue weighted by Crippen LogP contribution is 2.09. The van der Waals surface area contributed by atoms with Crippen LogP contribution in [-0.2, 0) is 16.0 Å². The maximum Gasteiger partial charge on any atom is 0.236 e. The number of hydrogen-bond acceptors (Lipinski definition) is 3. The first-order valence-electron chi connectivity index (χ1n) is 5.89. The van der Waals surface area contributed by atoms with Gasteiger partial charge in [0.15, 0.2) is 0 Å². The first-order chi connectivity index (χ1) is 8.49. The van der Waals surface area contributed by atoms with Gasteiger partial charge in [0.1, 0.15) is 0 Å². The zero-order valence-electron chi connectivity index (χ0n) is 11.1. The molecule has 0 heterocycles. The van der Waals surface area contributed by atoms with Gasteiger partial charge in [-0.2, -0.15) is 0 Å². The first-order valence-corrected chi connectivity index (χ1v) is 5.89. The van der Waals surface area contributed by atoms with Crippen LogP contribution in [0.4, 0.5) is 5.69 Å². The number of carbonyl (C=O) groups is 2. The van der Waals surface area contributed by atoms with Crippen LogP contribution in [0.5, 0.6) is 0 Å². The van der Waals surface area contributed by atoms with Crippen molar-refractivity contribution in [3.63, 3.8) is 0 Å². The molecule has 0 aliphatic heterocycles. The number of amides is 2. The molecule has 0 unspecified atom stereocenters. The van der Waals surface area contributed by atoms with E-state index in [9.17, 15) is 9.59 Å². The monoisotopic (exact) mass is 285 g/mol. The lowest BCUT2D eigenvalue weighted by molar-refractivity contribution is -0.122. The van der Waals surface area contributed by atoms with Gasteiger partial charge in [0, 0.05) is 19.2 Å². The van der Waals surface area contributed by atoms with E-state index in [0.717, 1.165) is 17.7 Å². The zero-order chi connectivity index (χ0) is 13.5. The number of halogens is 1. The first kappa shape index (κ1) is 17.4. The number of nitrogens with two attached hydrogens (primary N) is 1. The maximum atomic E-state index is 11.2. The van der Waals surface area contributed by atoms with Gasteiger partial charge in [-0.15, -0.1) is 12.4 Å². The molecule has 0 saturated heterocycles. The summed E-state index contributed by atoms with van der Waals surface area (Å²) in [6.45, 7) is 3.68. The molecule has 5 nitrogen and oxygen atoms in total. The molecule has 4 N–H and O–H groups in total. The van der Waals surface area contributed by atoms with Crippen molar-refractivity contribution in [2.45, 2.75) is 26.3 Å². The molecule has 1 aromatic carbocycles.